The maximum absolute atomic E-state index is 13.5. The fourth-order valence-electron chi connectivity index (χ4n) is 1.01. The van der Waals surface area contributed by atoms with Crippen LogP contribution in [0.3, 0.4) is 0 Å². The smallest absolute Gasteiger partial charge is 0.428 e. The van der Waals surface area contributed by atoms with Gasteiger partial charge in [0.2, 0.25) is 0 Å². The number of ether oxygens (including phenoxy) is 1. The predicted molar refractivity (Wildman–Crippen MR) is 62.5 cm³/mol. The quantitative estimate of drug-likeness (QED) is 0.842. The van der Waals surface area contributed by atoms with Crippen LogP contribution in [0.2, 0.25) is 0 Å². The minimum absolute atomic E-state index is 0.180. The second-order valence-corrected chi connectivity index (χ2v) is 4.39. The fourth-order valence-corrected chi connectivity index (χ4v) is 1.25. The van der Waals surface area contributed by atoms with Crippen molar-refractivity contribution >= 4 is 15.9 Å². The van der Waals surface area contributed by atoms with E-state index in [1.807, 2.05) is 0 Å². The van der Waals surface area contributed by atoms with Gasteiger partial charge in [0.1, 0.15) is 17.3 Å². The van der Waals surface area contributed by atoms with Gasteiger partial charge in [-0.2, -0.15) is 8.78 Å². The van der Waals surface area contributed by atoms with Gasteiger partial charge in [-0.1, -0.05) is 6.58 Å². The molecule has 0 radical (unpaired) electrons. The number of benzene rings is 1. The van der Waals surface area contributed by atoms with E-state index in [0.29, 0.717) is 0 Å². The Labute approximate surface area is 106 Å². The highest BCUT2D eigenvalue weighted by molar-refractivity contribution is 9.10. The van der Waals surface area contributed by atoms with Crippen molar-refractivity contribution in [2.24, 2.45) is 0 Å². The Morgan fingerprint density at radius 2 is 2.00 bits per heavy atom. The van der Waals surface area contributed by atoms with Crippen LogP contribution in [0.25, 0.3) is 0 Å². The van der Waals surface area contributed by atoms with Crippen LogP contribution in [0.5, 0.6) is 5.75 Å². The van der Waals surface area contributed by atoms with Gasteiger partial charge in [0.15, 0.2) is 0 Å². The molecule has 94 valence electrons. The lowest BCUT2D eigenvalue weighted by atomic mass is 10.3. The Balaban J connectivity index is 2.90. The summed E-state index contributed by atoms with van der Waals surface area (Å²) in [5.41, 5.74) is -0.513. The average Bonchev–Trinajstić information content (AvgIpc) is 2.22. The second-order valence-electron chi connectivity index (χ2n) is 3.54. The van der Waals surface area contributed by atoms with Crippen LogP contribution in [0.4, 0.5) is 13.2 Å². The molecule has 0 fully saturated rings. The summed E-state index contributed by atoms with van der Waals surface area (Å²) in [5.74, 6) is -0.938. The molecule has 6 heteroatoms. The topological polar surface area (TPSA) is 12.5 Å². The van der Waals surface area contributed by atoms with Gasteiger partial charge in [-0.3, -0.25) is 0 Å². The number of nitrogens with zero attached hydrogens (tertiary/aromatic N) is 1. The van der Waals surface area contributed by atoms with Crippen LogP contribution in [-0.2, 0) is 0 Å². The van der Waals surface area contributed by atoms with Crippen molar-refractivity contribution in [2.45, 2.75) is 6.11 Å². The molecule has 0 aromatic heterocycles. The normalized spacial score (nSPS) is 11.2. The zero-order valence-electron chi connectivity index (χ0n) is 9.31. The number of alkyl halides is 2. The zero-order chi connectivity index (χ0) is 13.2. The molecule has 0 saturated carbocycles. The third kappa shape index (κ3) is 3.39. The Morgan fingerprint density at radius 3 is 2.47 bits per heavy atom. The first-order valence-corrected chi connectivity index (χ1v) is 5.42. The van der Waals surface area contributed by atoms with Crippen molar-refractivity contribution in [1.82, 2.24) is 4.90 Å². The van der Waals surface area contributed by atoms with E-state index in [-0.39, 0.29) is 10.2 Å². The van der Waals surface area contributed by atoms with Gasteiger partial charge in [0, 0.05) is 20.2 Å². The molecule has 0 bridgehead atoms. The first-order valence-electron chi connectivity index (χ1n) is 4.62. The SMILES string of the molecule is C=C(N(C)C)C(F)(F)Oc1ccc(Br)c(F)c1. The Kier molecular flexibility index (Phi) is 4.08. The van der Waals surface area contributed by atoms with E-state index in [9.17, 15) is 13.2 Å². The number of hydrogen-bond donors (Lipinski definition) is 0. The predicted octanol–water partition coefficient (Wildman–Crippen LogP) is 3.64. The summed E-state index contributed by atoms with van der Waals surface area (Å²) in [6.07, 6.45) is -3.58. The van der Waals surface area contributed by atoms with Gasteiger partial charge in [0.25, 0.3) is 0 Å². The molecule has 1 aromatic carbocycles. The minimum Gasteiger partial charge on any atom is -0.428 e. The Bertz CT molecular complexity index is 435. The van der Waals surface area contributed by atoms with E-state index in [0.717, 1.165) is 11.0 Å². The van der Waals surface area contributed by atoms with Gasteiger partial charge in [-0.05, 0) is 28.1 Å². The maximum Gasteiger partial charge on any atom is 0.441 e. The number of hydrogen-bond acceptors (Lipinski definition) is 2. The fraction of sp³-hybridized carbons (Fsp3) is 0.273. The number of likely N-dealkylation sites (N-methyl/N-ethyl adjacent to an activating group) is 1. The summed E-state index contributed by atoms with van der Waals surface area (Å²) in [7, 11) is 2.84. The van der Waals surface area contributed by atoms with E-state index < -0.39 is 17.6 Å². The molecule has 0 aliphatic carbocycles. The van der Waals surface area contributed by atoms with Crippen molar-refractivity contribution in [3.8, 4) is 5.75 Å². The molecule has 1 rings (SSSR count). The highest BCUT2D eigenvalue weighted by Crippen LogP contribution is 2.30. The first kappa shape index (κ1) is 13.9. The lowest BCUT2D eigenvalue weighted by Gasteiger charge is -2.24. The van der Waals surface area contributed by atoms with Crippen LogP contribution in [-0.4, -0.2) is 25.1 Å². The third-order valence-electron chi connectivity index (χ3n) is 2.01. The second kappa shape index (κ2) is 5.00. The standard InChI is InChI=1S/C11H11BrF3NO/c1-7(16(2)3)11(14,15)17-8-4-5-9(12)10(13)6-8/h4-6H,1H2,2-3H3. The van der Waals surface area contributed by atoms with Gasteiger partial charge in [-0.25, -0.2) is 4.39 Å². The van der Waals surface area contributed by atoms with Crippen molar-refractivity contribution in [3.05, 3.63) is 40.8 Å². The highest BCUT2D eigenvalue weighted by atomic mass is 79.9. The number of rotatable bonds is 4. The third-order valence-corrected chi connectivity index (χ3v) is 2.66. The monoisotopic (exact) mass is 309 g/mol. The Morgan fingerprint density at radius 1 is 1.41 bits per heavy atom. The van der Waals surface area contributed by atoms with E-state index >= 15 is 0 Å². The lowest BCUT2D eigenvalue weighted by molar-refractivity contribution is -0.154. The van der Waals surface area contributed by atoms with Gasteiger partial charge in [0.05, 0.1) is 4.47 Å². The van der Waals surface area contributed by atoms with E-state index in [4.69, 9.17) is 0 Å². The van der Waals surface area contributed by atoms with Crippen molar-refractivity contribution in [2.75, 3.05) is 14.1 Å². The van der Waals surface area contributed by atoms with Crippen molar-refractivity contribution in [3.63, 3.8) is 0 Å². The van der Waals surface area contributed by atoms with Crippen LogP contribution >= 0.6 is 15.9 Å². The number of halogens is 4. The van der Waals surface area contributed by atoms with Crippen LogP contribution in [0.1, 0.15) is 0 Å². The molecule has 2 nitrogen and oxygen atoms in total. The molecule has 17 heavy (non-hydrogen) atoms. The molecule has 0 heterocycles. The minimum atomic E-state index is -3.58. The van der Waals surface area contributed by atoms with Gasteiger partial charge < -0.3 is 9.64 Å². The lowest BCUT2D eigenvalue weighted by Crippen LogP contribution is -2.34. The molecule has 0 unspecified atom stereocenters. The molecule has 0 aliphatic rings. The maximum atomic E-state index is 13.5. The van der Waals surface area contributed by atoms with Crippen LogP contribution in [0.15, 0.2) is 34.9 Å². The summed E-state index contributed by atoms with van der Waals surface area (Å²) in [6, 6.07) is 3.41. The first-order chi connectivity index (χ1) is 7.74. The summed E-state index contributed by atoms with van der Waals surface area (Å²) < 4.78 is 44.7. The van der Waals surface area contributed by atoms with Crippen molar-refractivity contribution in [1.29, 1.82) is 0 Å². The summed E-state index contributed by atoms with van der Waals surface area (Å²) in [5, 5.41) is 0. The van der Waals surface area contributed by atoms with E-state index in [1.54, 1.807) is 0 Å². The molecule has 0 aliphatic heterocycles. The molecular formula is C11H11BrF3NO. The molecule has 0 atom stereocenters. The van der Waals surface area contributed by atoms with Crippen molar-refractivity contribution < 1.29 is 17.9 Å². The molecular weight excluding hydrogens is 299 g/mol. The molecule has 0 saturated heterocycles. The zero-order valence-corrected chi connectivity index (χ0v) is 10.9. The largest absolute Gasteiger partial charge is 0.441 e. The highest BCUT2D eigenvalue weighted by Gasteiger charge is 2.37. The molecule has 1 aromatic rings. The molecule has 0 amide bonds. The molecule has 0 N–H and O–H groups in total. The van der Waals surface area contributed by atoms with Gasteiger partial charge >= 0.3 is 6.11 Å². The average molecular weight is 310 g/mol. The van der Waals surface area contributed by atoms with Gasteiger partial charge in [-0.15, -0.1) is 0 Å². The van der Waals surface area contributed by atoms with Crippen LogP contribution < -0.4 is 4.74 Å². The molecule has 0 spiro atoms. The summed E-state index contributed by atoms with van der Waals surface area (Å²) in [4.78, 5) is 1.13. The summed E-state index contributed by atoms with van der Waals surface area (Å²) in [6.45, 7) is 3.21. The van der Waals surface area contributed by atoms with E-state index in [1.165, 1.54) is 26.2 Å². The van der Waals surface area contributed by atoms with Crippen LogP contribution in [0, 0.1) is 5.82 Å². The van der Waals surface area contributed by atoms with E-state index in [2.05, 4.69) is 27.2 Å². The summed E-state index contributed by atoms with van der Waals surface area (Å²) >= 11 is 2.92. The Hall–Kier alpha value is -1.17.